The second-order valence-corrected chi connectivity index (χ2v) is 2.05. The first kappa shape index (κ1) is 5.76. The summed E-state index contributed by atoms with van der Waals surface area (Å²) >= 11 is 0. The van der Waals surface area contributed by atoms with Crippen molar-refractivity contribution in [2.24, 2.45) is 0 Å². The maximum atomic E-state index is 10.6. The Bertz CT molecular complexity index is 101. The molecule has 0 radical (unpaired) electrons. The molecule has 2 heteroatoms. The van der Waals surface area contributed by atoms with Gasteiger partial charge < -0.3 is 12.2 Å². The molecule has 1 aliphatic heterocycles. The lowest BCUT2D eigenvalue weighted by Gasteiger charge is -2.38. The zero-order chi connectivity index (χ0) is 5.98. The lowest BCUT2D eigenvalue weighted by Crippen LogP contribution is -2.18. The molecule has 0 aromatic carbocycles. The molecule has 0 saturated carbocycles. The minimum Gasteiger partial charge on any atom is -0.685 e. The van der Waals surface area contributed by atoms with Gasteiger partial charge in [-0.15, -0.1) is 6.54 Å². The number of hydrogen-bond acceptors (Lipinski definition) is 1. The fourth-order valence-corrected chi connectivity index (χ4v) is 0.801. The van der Waals surface area contributed by atoms with E-state index in [1.54, 1.807) is 0 Å². The van der Waals surface area contributed by atoms with Gasteiger partial charge >= 0.3 is 0 Å². The van der Waals surface area contributed by atoms with E-state index in [0.29, 0.717) is 25.2 Å². The summed E-state index contributed by atoms with van der Waals surface area (Å²) in [7, 11) is 0. The standard InChI is InChI=1S/C6H9NO/c1-5-4-6(8)2-3-7-5/h5H,1-4H2/q-2. The van der Waals surface area contributed by atoms with Crippen LogP contribution in [-0.2, 0) is 4.79 Å². The van der Waals surface area contributed by atoms with Gasteiger partial charge in [0.25, 0.3) is 0 Å². The van der Waals surface area contributed by atoms with E-state index in [1.165, 1.54) is 0 Å². The normalized spacial score (nSPS) is 30.6. The predicted molar refractivity (Wildman–Crippen MR) is 31.6 cm³/mol. The van der Waals surface area contributed by atoms with Crippen molar-refractivity contribution in [3.8, 4) is 0 Å². The van der Waals surface area contributed by atoms with Crippen LogP contribution in [0.15, 0.2) is 0 Å². The molecule has 1 heterocycles. The molecule has 1 rings (SSSR count). The molecule has 0 aromatic rings. The average molecular weight is 111 g/mol. The van der Waals surface area contributed by atoms with Gasteiger partial charge in [0.2, 0.25) is 0 Å². The average Bonchev–Trinajstić information content (AvgIpc) is 1.64. The van der Waals surface area contributed by atoms with Crippen LogP contribution in [0.25, 0.3) is 5.32 Å². The van der Waals surface area contributed by atoms with Gasteiger partial charge in [-0.25, -0.2) is 0 Å². The van der Waals surface area contributed by atoms with Crippen LogP contribution >= 0.6 is 0 Å². The Hall–Kier alpha value is -0.370. The van der Waals surface area contributed by atoms with Crippen molar-refractivity contribution >= 4 is 5.78 Å². The van der Waals surface area contributed by atoms with E-state index in [4.69, 9.17) is 0 Å². The Morgan fingerprint density at radius 3 is 2.88 bits per heavy atom. The van der Waals surface area contributed by atoms with Gasteiger partial charge in [-0.3, -0.25) is 10.8 Å². The minimum atomic E-state index is 0.0382. The minimum absolute atomic E-state index is 0.0382. The molecule has 1 unspecified atom stereocenters. The Kier molecular flexibility index (Phi) is 1.63. The van der Waals surface area contributed by atoms with Gasteiger partial charge in [0.05, 0.1) is 0 Å². The molecule has 1 aliphatic rings. The van der Waals surface area contributed by atoms with E-state index in [1.807, 2.05) is 0 Å². The van der Waals surface area contributed by atoms with E-state index < -0.39 is 0 Å². The number of carbonyl (C=O) groups is 1. The Labute approximate surface area is 49.3 Å². The SMILES string of the molecule is [CH2-]C1CC(=O)CC[N-]1. The maximum Gasteiger partial charge on any atom is 0.127 e. The molecule has 1 fully saturated rings. The summed E-state index contributed by atoms with van der Waals surface area (Å²) in [6, 6.07) is 0.0382. The monoisotopic (exact) mass is 111 g/mol. The van der Waals surface area contributed by atoms with Gasteiger partial charge in [0, 0.05) is 0 Å². The molecule has 0 aliphatic carbocycles. The van der Waals surface area contributed by atoms with Crippen LogP contribution < -0.4 is 0 Å². The number of carbonyl (C=O) groups excluding carboxylic acids is 1. The first-order chi connectivity index (χ1) is 3.79. The first-order valence-electron chi connectivity index (χ1n) is 2.80. The zero-order valence-corrected chi connectivity index (χ0v) is 4.76. The molecule has 0 bridgehead atoms. The van der Waals surface area contributed by atoms with Crippen LogP contribution in [0, 0.1) is 6.92 Å². The van der Waals surface area contributed by atoms with E-state index in [9.17, 15) is 4.79 Å². The van der Waals surface area contributed by atoms with Crippen molar-refractivity contribution < 1.29 is 4.79 Å². The molecule has 1 atom stereocenters. The predicted octanol–water partition coefficient (Wildman–Crippen LogP) is 0.926. The lowest BCUT2D eigenvalue weighted by molar-refractivity contribution is -0.119. The second kappa shape index (κ2) is 2.27. The zero-order valence-electron chi connectivity index (χ0n) is 4.76. The first-order valence-corrected chi connectivity index (χ1v) is 2.80. The number of rotatable bonds is 0. The van der Waals surface area contributed by atoms with Crippen molar-refractivity contribution in [3.63, 3.8) is 0 Å². The van der Waals surface area contributed by atoms with E-state index in [-0.39, 0.29) is 6.04 Å². The highest BCUT2D eigenvalue weighted by Gasteiger charge is 2.00. The van der Waals surface area contributed by atoms with Crippen molar-refractivity contribution in [2.75, 3.05) is 6.54 Å². The summed E-state index contributed by atoms with van der Waals surface area (Å²) in [5.74, 6) is 0.306. The molecule has 1 saturated heterocycles. The maximum absolute atomic E-state index is 10.6. The van der Waals surface area contributed by atoms with E-state index in [2.05, 4.69) is 12.2 Å². The van der Waals surface area contributed by atoms with E-state index in [0.717, 1.165) is 0 Å². The third-order valence-corrected chi connectivity index (χ3v) is 1.24. The molecule has 0 N–H and O–H groups in total. The molecule has 8 heavy (non-hydrogen) atoms. The van der Waals surface area contributed by atoms with Crippen LogP contribution in [-0.4, -0.2) is 18.4 Å². The summed E-state index contributed by atoms with van der Waals surface area (Å²) in [6.07, 6.45) is 1.19. The Morgan fingerprint density at radius 1 is 1.75 bits per heavy atom. The van der Waals surface area contributed by atoms with Crippen molar-refractivity contribution in [3.05, 3.63) is 12.2 Å². The summed E-state index contributed by atoms with van der Waals surface area (Å²) in [5.41, 5.74) is 0. The highest BCUT2D eigenvalue weighted by atomic mass is 16.1. The Morgan fingerprint density at radius 2 is 2.50 bits per heavy atom. The van der Waals surface area contributed by atoms with Crippen molar-refractivity contribution in [1.29, 1.82) is 0 Å². The summed E-state index contributed by atoms with van der Waals surface area (Å²) < 4.78 is 0. The molecular formula is C6H9NO-2. The van der Waals surface area contributed by atoms with Crippen molar-refractivity contribution in [1.82, 2.24) is 0 Å². The van der Waals surface area contributed by atoms with Gasteiger partial charge in [0.1, 0.15) is 5.78 Å². The molecule has 46 valence electrons. The third kappa shape index (κ3) is 1.30. The molecule has 0 amide bonds. The summed E-state index contributed by atoms with van der Waals surface area (Å²) in [4.78, 5) is 10.6. The third-order valence-electron chi connectivity index (χ3n) is 1.24. The highest BCUT2D eigenvalue weighted by molar-refractivity contribution is 5.81. The number of Topliss-reactive ketones (excluding diaryl/α,β-unsaturated/α-hetero) is 1. The molecule has 0 spiro atoms. The fourth-order valence-electron chi connectivity index (χ4n) is 0.801. The van der Waals surface area contributed by atoms with Crippen LogP contribution in [0.2, 0.25) is 0 Å². The quantitative estimate of drug-likeness (QED) is 0.428. The number of piperidine rings is 1. The number of ketones is 1. The lowest BCUT2D eigenvalue weighted by atomic mass is 10.1. The van der Waals surface area contributed by atoms with Crippen LogP contribution in [0.4, 0.5) is 0 Å². The van der Waals surface area contributed by atoms with E-state index >= 15 is 0 Å². The van der Waals surface area contributed by atoms with Gasteiger partial charge in [0.15, 0.2) is 0 Å². The fraction of sp³-hybridized carbons (Fsp3) is 0.667. The topological polar surface area (TPSA) is 31.2 Å². The Balaban J connectivity index is 2.34. The molecular weight excluding hydrogens is 102 g/mol. The van der Waals surface area contributed by atoms with Gasteiger partial charge in [-0.1, -0.05) is 0 Å². The van der Waals surface area contributed by atoms with Gasteiger partial charge in [-0.2, -0.15) is 0 Å². The summed E-state index contributed by atoms with van der Waals surface area (Å²) in [6.45, 7) is 4.35. The largest absolute Gasteiger partial charge is 0.685 e. The van der Waals surface area contributed by atoms with Gasteiger partial charge in [-0.05, 0) is 12.8 Å². The molecule has 2 nitrogen and oxygen atoms in total. The second-order valence-electron chi connectivity index (χ2n) is 2.05. The highest BCUT2D eigenvalue weighted by Crippen LogP contribution is 2.12. The van der Waals surface area contributed by atoms with Crippen molar-refractivity contribution in [2.45, 2.75) is 18.9 Å². The number of nitrogens with zero attached hydrogens (tertiary/aromatic N) is 1. The molecule has 0 aromatic heterocycles. The summed E-state index contributed by atoms with van der Waals surface area (Å²) in [5, 5.41) is 4.05. The van der Waals surface area contributed by atoms with Crippen LogP contribution in [0.3, 0.4) is 0 Å². The van der Waals surface area contributed by atoms with Crippen LogP contribution in [0.5, 0.6) is 0 Å². The number of hydrogen-bond donors (Lipinski definition) is 0. The van der Waals surface area contributed by atoms with Crippen LogP contribution in [0.1, 0.15) is 12.8 Å². The smallest absolute Gasteiger partial charge is 0.127 e.